The Balaban J connectivity index is 1.56. The number of nitrogens with one attached hydrogen (secondary N) is 1. The summed E-state index contributed by atoms with van der Waals surface area (Å²) in [6.07, 6.45) is 4.01. The molecule has 0 amide bonds. The van der Waals surface area contributed by atoms with Gasteiger partial charge in [-0.2, -0.15) is 0 Å². The maximum Gasteiger partial charge on any atom is 0.118 e. The minimum absolute atomic E-state index is 0.826. The van der Waals surface area contributed by atoms with Gasteiger partial charge in [-0.05, 0) is 61.2 Å². The third-order valence-electron chi connectivity index (χ3n) is 4.24. The van der Waals surface area contributed by atoms with Crippen LogP contribution in [0.5, 0.6) is 5.75 Å². The first-order chi connectivity index (χ1) is 10.8. The molecule has 1 aliphatic heterocycles. The summed E-state index contributed by atoms with van der Waals surface area (Å²) in [6.45, 7) is 3.21. The largest absolute Gasteiger partial charge is 0.497 e. The first-order valence-electron chi connectivity index (χ1n) is 8.07. The summed E-state index contributed by atoms with van der Waals surface area (Å²) >= 11 is 0. The number of anilines is 2. The van der Waals surface area contributed by atoms with E-state index in [4.69, 9.17) is 4.74 Å². The zero-order valence-corrected chi connectivity index (χ0v) is 13.2. The lowest BCUT2D eigenvalue weighted by atomic mass is 10.1. The summed E-state index contributed by atoms with van der Waals surface area (Å²) in [5.41, 5.74) is 3.76. The van der Waals surface area contributed by atoms with Crippen LogP contribution in [0, 0.1) is 0 Å². The van der Waals surface area contributed by atoms with Crippen LogP contribution >= 0.6 is 0 Å². The highest BCUT2D eigenvalue weighted by Gasteiger charge is 2.10. The Labute approximate surface area is 132 Å². The van der Waals surface area contributed by atoms with E-state index in [-0.39, 0.29) is 0 Å². The third kappa shape index (κ3) is 3.73. The fourth-order valence-corrected chi connectivity index (χ4v) is 2.89. The number of rotatable bonds is 5. The normalized spacial score (nSPS) is 14.7. The molecule has 116 valence electrons. The number of methoxy groups -OCH3 is 1. The summed E-state index contributed by atoms with van der Waals surface area (Å²) in [4.78, 5) is 2.48. The van der Waals surface area contributed by atoms with Crippen molar-refractivity contribution >= 4 is 11.4 Å². The van der Waals surface area contributed by atoms with E-state index in [9.17, 15) is 0 Å². The van der Waals surface area contributed by atoms with Gasteiger partial charge in [0.05, 0.1) is 7.11 Å². The molecule has 1 heterocycles. The highest BCUT2D eigenvalue weighted by molar-refractivity contribution is 5.55. The molecular weight excluding hydrogens is 272 g/mol. The predicted molar refractivity (Wildman–Crippen MR) is 92.8 cm³/mol. The zero-order valence-electron chi connectivity index (χ0n) is 13.2. The molecule has 3 rings (SSSR count). The van der Waals surface area contributed by atoms with Gasteiger partial charge >= 0.3 is 0 Å². The average molecular weight is 296 g/mol. The van der Waals surface area contributed by atoms with Gasteiger partial charge in [0.15, 0.2) is 0 Å². The summed E-state index contributed by atoms with van der Waals surface area (Å²) in [5.74, 6) is 0.898. The van der Waals surface area contributed by atoms with Crippen LogP contribution in [0.3, 0.4) is 0 Å². The van der Waals surface area contributed by atoms with Gasteiger partial charge in [-0.1, -0.05) is 12.1 Å². The zero-order chi connectivity index (χ0) is 15.2. The van der Waals surface area contributed by atoms with Crippen molar-refractivity contribution in [2.24, 2.45) is 0 Å². The minimum atomic E-state index is 0.826. The molecule has 0 atom stereocenters. The molecule has 0 bridgehead atoms. The van der Waals surface area contributed by atoms with E-state index in [0.717, 1.165) is 18.0 Å². The molecule has 1 aliphatic rings. The quantitative estimate of drug-likeness (QED) is 0.890. The fourth-order valence-electron chi connectivity index (χ4n) is 2.89. The van der Waals surface area contributed by atoms with Crippen molar-refractivity contribution in [3.05, 3.63) is 54.1 Å². The first kappa shape index (κ1) is 14.8. The second-order valence-electron chi connectivity index (χ2n) is 5.80. The Hall–Kier alpha value is -2.16. The Kier molecular flexibility index (Phi) is 4.84. The lowest BCUT2D eigenvalue weighted by Gasteiger charge is -2.28. The highest BCUT2D eigenvalue weighted by atomic mass is 16.5. The monoisotopic (exact) mass is 296 g/mol. The van der Waals surface area contributed by atoms with E-state index in [0.29, 0.717) is 0 Å². The molecule has 1 saturated heterocycles. The number of piperidine rings is 1. The van der Waals surface area contributed by atoms with Gasteiger partial charge in [0.2, 0.25) is 0 Å². The number of nitrogens with zero attached hydrogens (tertiary/aromatic N) is 1. The van der Waals surface area contributed by atoms with Gasteiger partial charge in [0.1, 0.15) is 5.75 Å². The van der Waals surface area contributed by atoms with Crippen molar-refractivity contribution in [2.75, 3.05) is 30.4 Å². The number of hydrogen-bond acceptors (Lipinski definition) is 3. The Bertz CT molecular complexity index is 571. The number of benzene rings is 2. The Morgan fingerprint density at radius 3 is 2.23 bits per heavy atom. The molecule has 0 aliphatic carbocycles. The standard InChI is InChI=1S/C19H24N2O/c1-22-19-11-5-16(6-12-19)15-20-17-7-9-18(10-8-17)21-13-3-2-4-14-21/h5-12,20H,2-4,13-15H2,1H3. The molecule has 3 nitrogen and oxygen atoms in total. The smallest absolute Gasteiger partial charge is 0.118 e. The highest BCUT2D eigenvalue weighted by Crippen LogP contribution is 2.22. The van der Waals surface area contributed by atoms with Gasteiger partial charge in [-0.25, -0.2) is 0 Å². The number of hydrogen-bond donors (Lipinski definition) is 1. The Morgan fingerprint density at radius 2 is 1.59 bits per heavy atom. The van der Waals surface area contributed by atoms with Crippen LogP contribution in [-0.2, 0) is 6.54 Å². The van der Waals surface area contributed by atoms with E-state index in [1.807, 2.05) is 12.1 Å². The van der Waals surface area contributed by atoms with Crippen LogP contribution in [0.1, 0.15) is 24.8 Å². The fraction of sp³-hybridized carbons (Fsp3) is 0.368. The van der Waals surface area contributed by atoms with E-state index in [1.54, 1.807) is 7.11 Å². The van der Waals surface area contributed by atoms with Gasteiger partial charge in [0.25, 0.3) is 0 Å². The summed E-state index contributed by atoms with van der Waals surface area (Å²) in [5, 5.41) is 3.47. The lowest BCUT2D eigenvalue weighted by molar-refractivity contribution is 0.414. The van der Waals surface area contributed by atoms with Crippen LogP contribution in [0.25, 0.3) is 0 Å². The van der Waals surface area contributed by atoms with E-state index < -0.39 is 0 Å². The van der Waals surface area contributed by atoms with Gasteiger partial charge in [0, 0.05) is 31.0 Å². The van der Waals surface area contributed by atoms with E-state index in [1.165, 1.54) is 43.6 Å². The molecular formula is C19H24N2O. The maximum atomic E-state index is 5.18. The topological polar surface area (TPSA) is 24.5 Å². The Morgan fingerprint density at radius 1 is 0.909 bits per heavy atom. The molecule has 0 radical (unpaired) electrons. The molecule has 0 unspecified atom stereocenters. The summed E-state index contributed by atoms with van der Waals surface area (Å²) < 4.78 is 5.18. The van der Waals surface area contributed by atoms with Crippen LogP contribution < -0.4 is 15.0 Å². The molecule has 1 N–H and O–H groups in total. The van der Waals surface area contributed by atoms with E-state index in [2.05, 4.69) is 46.6 Å². The van der Waals surface area contributed by atoms with Crippen molar-refractivity contribution < 1.29 is 4.74 Å². The van der Waals surface area contributed by atoms with Crippen molar-refractivity contribution in [3.8, 4) is 5.75 Å². The van der Waals surface area contributed by atoms with Crippen LogP contribution in [0.4, 0.5) is 11.4 Å². The molecule has 3 heteroatoms. The van der Waals surface area contributed by atoms with Gasteiger partial charge < -0.3 is 15.0 Å². The van der Waals surface area contributed by atoms with Gasteiger partial charge in [-0.15, -0.1) is 0 Å². The molecule has 0 saturated carbocycles. The lowest BCUT2D eigenvalue weighted by Crippen LogP contribution is -2.29. The minimum Gasteiger partial charge on any atom is -0.497 e. The summed E-state index contributed by atoms with van der Waals surface area (Å²) in [7, 11) is 1.69. The average Bonchev–Trinajstić information content (AvgIpc) is 2.61. The van der Waals surface area contributed by atoms with Crippen molar-refractivity contribution in [3.63, 3.8) is 0 Å². The summed E-state index contributed by atoms with van der Waals surface area (Å²) in [6, 6.07) is 17.0. The second-order valence-corrected chi connectivity index (χ2v) is 5.80. The molecule has 0 aromatic heterocycles. The van der Waals surface area contributed by atoms with Crippen molar-refractivity contribution in [2.45, 2.75) is 25.8 Å². The molecule has 22 heavy (non-hydrogen) atoms. The van der Waals surface area contributed by atoms with Gasteiger partial charge in [-0.3, -0.25) is 0 Å². The first-order valence-corrected chi connectivity index (χ1v) is 8.07. The maximum absolute atomic E-state index is 5.18. The predicted octanol–water partition coefficient (Wildman–Crippen LogP) is 4.30. The third-order valence-corrected chi connectivity index (χ3v) is 4.24. The van der Waals surface area contributed by atoms with Crippen LogP contribution in [0.15, 0.2) is 48.5 Å². The molecule has 2 aromatic carbocycles. The SMILES string of the molecule is COc1ccc(CNc2ccc(N3CCCCC3)cc2)cc1. The second kappa shape index (κ2) is 7.21. The van der Waals surface area contributed by atoms with Crippen molar-refractivity contribution in [1.82, 2.24) is 0 Å². The molecule has 2 aromatic rings. The van der Waals surface area contributed by atoms with Crippen LogP contribution in [0.2, 0.25) is 0 Å². The van der Waals surface area contributed by atoms with Crippen LogP contribution in [-0.4, -0.2) is 20.2 Å². The molecule has 1 fully saturated rings. The van der Waals surface area contributed by atoms with Crippen molar-refractivity contribution in [1.29, 1.82) is 0 Å². The van der Waals surface area contributed by atoms with E-state index >= 15 is 0 Å². The number of ether oxygens (including phenoxy) is 1. The molecule has 0 spiro atoms.